The molecule has 0 fully saturated rings. The average molecular weight is 1180 g/mol. The van der Waals surface area contributed by atoms with E-state index in [2.05, 4.69) is 0 Å². The number of hydrogen-bond acceptors (Lipinski definition) is 3. The quantitative estimate of drug-likeness (QED) is 0.0361. The van der Waals surface area contributed by atoms with Gasteiger partial charge in [0.25, 0.3) is 5.69 Å². The molecule has 7 rings (SSSR count). The topological polar surface area (TPSA) is 64.1 Å². The van der Waals surface area contributed by atoms with Gasteiger partial charge in [0.1, 0.15) is 6.15 Å². The Hall–Kier alpha value is -8.08. The van der Waals surface area contributed by atoms with Crippen LogP contribution in [0, 0.1) is 10.1 Å². The Morgan fingerprint density at radius 2 is 0.679 bits per heavy atom. The summed E-state index contributed by atoms with van der Waals surface area (Å²) in [4.78, 5) is 23.0. The third-order valence-electron chi connectivity index (χ3n) is 12.1. The van der Waals surface area contributed by atoms with Gasteiger partial charge in [-0.15, -0.1) is 0 Å². The minimum absolute atomic E-state index is 0.0153. The van der Waals surface area contributed by atoms with E-state index in [1.54, 1.807) is 35.0 Å². The lowest BCUT2D eigenvalue weighted by atomic mass is 9.12. The molecule has 1 aromatic heterocycles. The third kappa shape index (κ3) is 14.3. The summed E-state index contributed by atoms with van der Waals surface area (Å²) < 4.78 is 343. The maximum atomic E-state index is 14.2. The molecule has 0 unspecified atom stereocenters. The van der Waals surface area contributed by atoms with Crippen molar-refractivity contribution in [2.45, 2.75) is 56.0 Å². The first-order valence-corrected chi connectivity index (χ1v) is 22.1. The summed E-state index contributed by atoms with van der Waals surface area (Å²) in [6.07, 6.45) is -53.0. The van der Waals surface area contributed by atoms with Gasteiger partial charge in [0.15, 0.2) is 6.20 Å². The number of carbonyl (C=O) groups excluding carboxylic acids is 1. The Bertz CT molecular complexity index is 3030. The number of carbonyl (C=O) groups is 1. The molecule has 0 spiro atoms. The first-order chi connectivity index (χ1) is 36.9. The molecule has 30 heteroatoms. The highest BCUT2D eigenvalue weighted by molar-refractivity contribution is 7.20. The van der Waals surface area contributed by atoms with Crippen molar-refractivity contribution < 1.29 is 120 Å². The third-order valence-corrected chi connectivity index (χ3v) is 12.1. The van der Waals surface area contributed by atoms with Crippen LogP contribution in [0.2, 0.25) is 0 Å². The fourth-order valence-electron chi connectivity index (χ4n) is 8.60. The van der Waals surface area contributed by atoms with E-state index in [-0.39, 0.29) is 18.0 Å². The van der Waals surface area contributed by atoms with Crippen molar-refractivity contribution in [2.75, 3.05) is 0 Å². The fourth-order valence-corrected chi connectivity index (χ4v) is 8.60. The molecule has 0 amide bonds. The highest BCUT2D eigenvalue weighted by Gasteiger charge is 2.47. The van der Waals surface area contributed by atoms with Crippen molar-refractivity contribution in [3.05, 3.63) is 212 Å². The SMILES string of the molecule is FC(F)(F)c1cc([B-](c2cc(C(F)(F)F)cc(C(F)(F)F)c2)(c2cc(C(F)(F)F)cc(C(F)(F)F)c2)c2cc(C(F)(F)F)cc(C(F)(F)F)c2)cc(C(F)(F)F)c1.O=C(C[n+]1ccccc1-c1cccc([N+](=O)[O-])c1)c1ccccc1. The Morgan fingerprint density at radius 3 is 0.963 bits per heavy atom. The number of nitro groups is 1. The summed E-state index contributed by atoms with van der Waals surface area (Å²) in [6, 6.07) is 12.2. The summed E-state index contributed by atoms with van der Waals surface area (Å²) in [5.41, 5.74) is -28.1. The standard InChI is InChI=1S/C32H12BF24.C19H15N2O3/c34-25(35,36)13-1-14(26(37,38)39)6-21(5-13)33(22-7-15(27(40,41)42)2-16(8-22)28(43,44)45,23-9-17(29(46,47)48)3-18(10-23)30(49,50)51)24-11-19(31(52,53)54)4-20(12-24)32(55,56)57;22-19(15-7-2-1-3-8-15)14-20-12-5-4-11-18(20)16-9-6-10-17(13-16)21(23)24/h1-12H;1-13H,14H2/q-1;+1. The number of nitrogens with zero attached hydrogens (tertiary/aromatic N) is 2. The van der Waals surface area contributed by atoms with E-state index >= 15 is 0 Å². The van der Waals surface area contributed by atoms with Crippen LogP contribution < -0.4 is 26.4 Å². The van der Waals surface area contributed by atoms with Crippen molar-refractivity contribution >= 4 is 39.5 Å². The van der Waals surface area contributed by atoms with Crippen molar-refractivity contribution in [3.63, 3.8) is 0 Å². The number of rotatable bonds is 9. The van der Waals surface area contributed by atoms with Gasteiger partial charge >= 0.3 is 49.4 Å². The van der Waals surface area contributed by atoms with Gasteiger partial charge in [0, 0.05) is 29.8 Å². The van der Waals surface area contributed by atoms with E-state index < -0.39 is 200 Å². The summed E-state index contributed by atoms with van der Waals surface area (Å²) in [5, 5.41) is 11.0. The maximum absolute atomic E-state index is 14.2. The number of Topliss-reactive ketones (excluding diaryl/α,β-unsaturated/α-hetero) is 1. The van der Waals surface area contributed by atoms with E-state index in [4.69, 9.17) is 0 Å². The van der Waals surface area contributed by atoms with Crippen LogP contribution in [0.3, 0.4) is 0 Å². The summed E-state index contributed by atoms with van der Waals surface area (Å²) in [5.74, 6) is -0.0153. The molecule has 0 N–H and O–H groups in total. The van der Waals surface area contributed by atoms with Crippen LogP contribution in [-0.4, -0.2) is 16.9 Å². The summed E-state index contributed by atoms with van der Waals surface area (Å²) in [7, 11) is 0. The maximum Gasteiger partial charge on any atom is 0.416 e. The number of ketones is 1. The lowest BCUT2D eigenvalue weighted by Crippen LogP contribution is -2.75. The number of non-ortho nitro benzene ring substituents is 1. The summed E-state index contributed by atoms with van der Waals surface area (Å²) >= 11 is 0. The molecule has 1 heterocycles. The number of nitro benzene ring substituents is 1. The number of alkyl halides is 24. The monoisotopic (exact) mass is 1180 g/mol. The number of pyridine rings is 1. The molecule has 81 heavy (non-hydrogen) atoms. The van der Waals surface area contributed by atoms with E-state index in [1.807, 2.05) is 36.4 Å². The second kappa shape index (κ2) is 21.8. The molecule has 0 radical (unpaired) electrons. The van der Waals surface area contributed by atoms with E-state index in [9.17, 15) is 120 Å². The second-order valence-corrected chi connectivity index (χ2v) is 17.5. The number of benzene rings is 6. The Kier molecular flexibility index (Phi) is 16.7. The molecule has 0 aliphatic heterocycles. The Balaban J connectivity index is 0.000000363. The van der Waals surface area contributed by atoms with Crippen LogP contribution >= 0.6 is 0 Å². The molecule has 0 atom stereocenters. The van der Waals surface area contributed by atoms with Crippen LogP contribution in [0.25, 0.3) is 11.3 Å². The van der Waals surface area contributed by atoms with Gasteiger partial charge in [-0.05, 0) is 36.4 Å². The molecule has 5 nitrogen and oxygen atoms in total. The molecule has 0 saturated heterocycles. The van der Waals surface area contributed by atoms with Crippen molar-refractivity contribution in [3.8, 4) is 11.3 Å². The van der Waals surface area contributed by atoms with Crippen LogP contribution in [0.4, 0.5) is 111 Å². The van der Waals surface area contributed by atoms with E-state index in [0.29, 0.717) is 11.1 Å². The van der Waals surface area contributed by atoms with Crippen LogP contribution in [0.1, 0.15) is 54.9 Å². The van der Waals surface area contributed by atoms with Crippen LogP contribution in [0.15, 0.2) is 152 Å². The first kappa shape index (κ1) is 62.1. The zero-order valence-electron chi connectivity index (χ0n) is 39.4. The van der Waals surface area contributed by atoms with Crippen LogP contribution in [0.5, 0.6) is 0 Å². The molecule has 0 aliphatic rings. The minimum Gasteiger partial charge on any atom is -0.287 e. The normalized spacial score (nSPS) is 13.1. The largest absolute Gasteiger partial charge is 0.416 e. The van der Waals surface area contributed by atoms with Gasteiger partial charge in [-0.3, -0.25) is 14.9 Å². The van der Waals surface area contributed by atoms with Gasteiger partial charge < -0.3 is 0 Å². The smallest absolute Gasteiger partial charge is 0.287 e. The van der Waals surface area contributed by atoms with Gasteiger partial charge in [0.05, 0.1) is 55.0 Å². The molecule has 6 aromatic carbocycles. The van der Waals surface area contributed by atoms with Crippen molar-refractivity contribution in [1.82, 2.24) is 0 Å². The zero-order valence-corrected chi connectivity index (χ0v) is 39.4. The molecular formula is C51H27BF24N2O3. The molecule has 7 aromatic rings. The molecule has 430 valence electrons. The van der Waals surface area contributed by atoms with Gasteiger partial charge in [-0.25, -0.2) is 0 Å². The van der Waals surface area contributed by atoms with E-state index in [1.165, 1.54) is 12.1 Å². The van der Waals surface area contributed by atoms with Crippen molar-refractivity contribution in [2.24, 2.45) is 0 Å². The Morgan fingerprint density at radius 1 is 0.383 bits per heavy atom. The predicted octanol–water partition coefficient (Wildman–Crippen LogP) is 14.6. The second-order valence-electron chi connectivity index (χ2n) is 17.5. The highest BCUT2D eigenvalue weighted by atomic mass is 19.4. The molecule has 0 aliphatic carbocycles. The molecular weight excluding hydrogens is 1160 g/mol. The minimum atomic E-state index is -6.13. The number of halogens is 24. The average Bonchev–Trinajstić information content (AvgIpc) is 3.36. The van der Waals surface area contributed by atoms with Gasteiger partial charge in [-0.2, -0.15) is 132 Å². The molecule has 0 saturated carbocycles. The fraction of sp³-hybridized carbons (Fsp3) is 0.176. The number of hydrogen-bond donors (Lipinski definition) is 0. The van der Waals surface area contributed by atoms with E-state index in [0.717, 1.165) is 5.69 Å². The number of aromatic nitrogens is 1. The Labute approximate surface area is 437 Å². The van der Waals surface area contributed by atoms with Crippen LogP contribution in [-0.2, 0) is 56.0 Å². The predicted molar refractivity (Wildman–Crippen MR) is 240 cm³/mol. The van der Waals surface area contributed by atoms with Gasteiger partial charge in [-0.1, -0.05) is 84.9 Å². The van der Waals surface area contributed by atoms with Crippen molar-refractivity contribution in [1.29, 1.82) is 0 Å². The zero-order chi connectivity index (χ0) is 60.9. The highest BCUT2D eigenvalue weighted by Crippen LogP contribution is 2.41. The summed E-state index contributed by atoms with van der Waals surface area (Å²) in [6.45, 7) is 0.170. The van der Waals surface area contributed by atoms with Gasteiger partial charge in [0.2, 0.25) is 18.0 Å². The lowest BCUT2D eigenvalue weighted by molar-refractivity contribution is -0.672. The molecule has 0 bridgehead atoms. The first-order valence-electron chi connectivity index (χ1n) is 22.1. The lowest BCUT2D eigenvalue weighted by Gasteiger charge is -2.46.